The highest BCUT2D eigenvalue weighted by molar-refractivity contribution is 7.89. The zero-order chi connectivity index (χ0) is 26.9. The predicted octanol–water partition coefficient (Wildman–Crippen LogP) is 2.12. The number of hydrogen-bond acceptors (Lipinski definition) is 9. The zero-order valence-electron chi connectivity index (χ0n) is 20.2. The van der Waals surface area contributed by atoms with E-state index in [1.54, 1.807) is 6.92 Å². The van der Waals surface area contributed by atoms with Gasteiger partial charge in [0.15, 0.2) is 6.73 Å². The van der Waals surface area contributed by atoms with E-state index in [2.05, 4.69) is 4.84 Å². The first kappa shape index (κ1) is 26.3. The van der Waals surface area contributed by atoms with Gasteiger partial charge in [0.2, 0.25) is 10.0 Å². The molecule has 1 unspecified atom stereocenters. The average molecular weight is 531 g/mol. The number of rotatable bonds is 8. The molecule has 1 saturated heterocycles. The number of carbonyl (C=O) groups is 1. The summed E-state index contributed by atoms with van der Waals surface area (Å²) < 4.78 is 34.4. The smallest absolute Gasteiger partial charge is 0.339 e. The van der Waals surface area contributed by atoms with Gasteiger partial charge in [0, 0.05) is 36.1 Å². The SMILES string of the molecule is Cc1cn(COC(=O)c2ccc(C(C)O[N+](=O)[O-])cc2)c(=O)c2cccc(S(=O)(=O)N3CC[C@H](N)C3)c12. The van der Waals surface area contributed by atoms with Gasteiger partial charge in [-0.2, -0.15) is 4.31 Å². The first-order valence-corrected chi connectivity index (χ1v) is 12.9. The summed E-state index contributed by atoms with van der Waals surface area (Å²) in [6.07, 6.45) is 1.21. The van der Waals surface area contributed by atoms with Crippen molar-refractivity contribution in [3.63, 3.8) is 0 Å². The number of hydrogen-bond donors (Lipinski definition) is 1. The fourth-order valence-corrected chi connectivity index (χ4v) is 6.13. The molecule has 13 heteroatoms. The first-order chi connectivity index (χ1) is 17.5. The minimum atomic E-state index is -3.86. The largest absolute Gasteiger partial charge is 0.440 e. The van der Waals surface area contributed by atoms with E-state index in [1.165, 1.54) is 64.5 Å². The summed E-state index contributed by atoms with van der Waals surface area (Å²) in [5.74, 6) is -0.708. The second kappa shape index (κ2) is 10.3. The van der Waals surface area contributed by atoms with Crippen molar-refractivity contribution < 1.29 is 27.9 Å². The van der Waals surface area contributed by atoms with Crippen molar-refractivity contribution in [2.75, 3.05) is 13.1 Å². The van der Waals surface area contributed by atoms with Crippen molar-refractivity contribution in [1.29, 1.82) is 0 Å². The zero-order valence-corrected chi connectivity index (χ0v) is 21.0. The van der Waals surface area contributed by atoms with Crippen LogP contribution < -0.4 is 11.3 Å². The van der Waals surface area contributed by atoms with Gasteiger partial charge in [0.25, 0.3) is 10.6 Å². The van der Waals surface area contributed by atoms with Crippen LogP contribution in [0.3, 0.4) is 0 Å². The highest BCUT2D eigenvalue weighted by Gasteiger charge is 2.32. The van der Waals surface area contributed by atoms with Crippen LogP contribution in [0, 0.1) is 17.0 Å². The van der Waals surface area contributed by atoms with E-state index >= 15 is 0 Å². The summed E-state index contributed by atoms with van der Waals surface area (Å²) >= 11 is 0. The predicted molar refractivity (Wildman–Crippen MR) is 133 cm³/mol. The molecule has 0 bridgehead atoms. The number of aryl methyl sites for hydroxylation is 1. The van der Waals surface area contributed by atoms with Crippen LogP contribution in [0.25, 0.3) is 10.8 Å². The number of benzene rings is 2. The maximum atomic E-state index is 13.3. The van der Waals surface area contributed by atoms with Crippen molar-refractivity contribution in [1.82, 2.24) is 8.87 Å². The Morgan fingerprint density at radius 3 is 2.57 bits per heavy atom. The molecule has 37 heavy (non-hydrogen) atoms. The molecular formula is C24H26N4O8S. The van der Waals surface area contributed by atoms with Gasteiger partial charge in [-0.05, 0) is 55.7 Å². The molecule has 1 fully saturated rings. The lowest BCUT2D eigenvalue weighted by Crippen LogP contribution is -2.32. The number of fused-ring (bicyclic) bond motifs is 1. The van der Waals surface area contributed by atoms with Crippen LogP contribution >= 0.6 is 0 Å². The van der Waals surface area contributed by atoms with Crippen LogP contribution in [0.1, 0.15) is 40.9 Å². The van der Waals surface area contributed by atoms with Gasteiger partial charge >= 0.3 is 5.97 Å². The van der Waals surface area contributed by atoms with E-state index in [9.17, 15) is 28.1 Å². The molecule has 0 radical (unpaired) electrons. The third kappa shape index (κ3) is 5.33. The molecule has 196 valence electrons. The van der Waals surface area contributed by atoms with Gasteiger partial charge in [0.1, 0.15) is 6.10 Å². The van der Waals surface area contributed by atoms with Gasteiger partial charge in [0.05, 0.1) is 10.5 Å². The lowest BCUT2D eigenvalue weighted by molar-refractivity contribution is -0.770. The molecule has 1 aromatic heterocycles. The Kier molecular flexibility index (Phi) is 7.30. The normalized spacial score (nSPS) is 17.0. The van der Waals surface area contributed by atoms with E-state index < -0.39 is 39.5 Å². The molecule has 2 N–H and O–H groups in total. The van der Waals surface area contributed by atoms with Crippen molar-refractivity contribution in [3.05, 3.63) is 85.8 Å². The fourth-order valence-electron chi connectivity index (χ4n) is 4.34. The van der Waals surface area contributed by atoms with Crippen molar-refractivity contribution >= 4 is 26.8 Å². The van der Waals surface area contributed by atoms with Gasteiger partial charge < -0.3 is 15.3 Å². The molecule has 0 aliphatic carbocycles. The van der Waals surface area contributed by atoms with E-state index in [0.717, 1.165) is 0 Å². The Morgan fingerprint density at radius 2 is 1.95 bits per heavy atom. The van der Waals surface area contributed by atoms with Crippen molar-refractivity contribution in [2.24, 2.45) is 5.73 Å². The minimum absolute atomic E-state index is 0.0354. The van der Waals surface area contributed by atoms with Gasteiger partial charge in [-0.3, -0.25) is 9.36 Å². The second-order valence-corrected chi connectivity index (χ2v) is 10.7. The second-order valence-electron chi connectivity index (χ2n) is 8.83. The number of sulfonamides is 1. The van der Waals surface area contributed by atoms with Crippen LogP contribution in [0.5, 0.6) is 0 Å². The van der Waals surface area contributed by atoms with Gasteiger partial charge in [-0.25, -0.2) is 13.2 Å². The molecule has 2 aromatic carbocycles. The summed E-state index contributed by atoms with van der Waals surface area (Å²) in [7, 11) is -3.86. The first-order valence-electron chi connectivity index (χ1n) is 11.5. The Bertz CT molecular complexity index is 1520. The third-order valence-corrected chi connectivity index (χ3v) is 8.17. The fraction of sp³-hybridized carbons (Fsp3) is 0.333. The van der Waals surface area contributed by atoms with Gasteiger partial charge in [-0.15, -0.1) is 10.1 Å². The molecule has 0 saturated carbocycles. The van der Waals surface area contributed by atoms with Crippen molar-refractivity contribution in [3.8, 4) is 0 Å². The molecular weight excluding hydrogens is 504 g/mol. The Labute approximate surface area is 212 Å². The maximum Gasteiger partial charge on any atom is 0.339 e. The van der Waals surface area contributed by atoms with E-state index in [-0.39, 0.29) is 28.4 Å². The van der Waals surface area contributed by atoms with Crippen LogP contribution in [0.4, 0.5) is 0 Å². The summed E-state index contributed by atoms with van der Waals surface area (Å²) in [5, 5.41) is 10.1. The Morgan fingerprint density at radius 1 is 1.24 bits per heavy atom. The number of aromatic nitrogens is 1. The molecule has 1 aliphatic heterocycles. The van der Waals surface area contributed by atoms with Crippen LogP contribution in [-0.4, -0.2) is 47.5 Å². The number of esters is 1. The van der Waals surface area contributed by atoms with E-state index in [4.69, 9.17) is 10.5 Å². The van der Waals surface area contributed by atoms with Crippen molar-refractivity contribution in [2.45, 2.75) is 44.0 Å². The van der Waals surface area contributed by atoms with Crippen LogP contribution in [0.2, 0.25) is 0 Å². The topological polar surface area (TPSA) is 164 Å². The van der Waals surface area contributed by atoms with E-state index in [0.29, 0.717) is 29.5 Å². The third-order valence-electron chi connectivity index (χ3n) is 6.26. The lowest BCUT2D eigenvalue weighted by Gasteiger charge is -2.19. The molecule has 2 heterocycles. The summed E-state index contributed by atoms with van der Waals surface area (Å²) in [6.45, 7) is 3.32. The number of pyridine rings is 1. The molecule has 0 amide bonds. The Balaban J connectivity index is 1.56. The molecule has 2 atom stereocenters. The summed E-state index contributed by atoms with van der Waals surface area (Å²) in [4.78, 5) is 40.7. The quantitative estimate of drug-likeness (QED) is 0.261. The molecule has 4 rings (SSSR count). The number of nitrogens with two attached hydrogens (primary N) is 1. The lowest BCUT2D eigenvalue weighted by atomic mass is 10.1. The monoisotopic (exact) mass is 530 g/mol. The molecule has 0 spiro atoms. The number of ether oxygens (including phenoxy) is 1. The molecule has 3 aromatic rings. The molecule has 1 aliphatic rings. The van der Waals surface area contributed by atoms with Crippen LogP contribution in [0.15, 0.2) is 58.4 Å². The summed E-state index contributed by atoms with van der Waals surface area (Å²) in [5.41, 5.74) is 6.59. The average Bonchev–Trinajstić information content (AvgIpc) is 3.31. The molecule has 12 nitrogen and oxygen atoms in total. The number of carbonyl (C=O) groups excluding carboxylic acids is 1. The van der Waals surface area contributed by atoms with Gasteiger partial charge in [-0.1, -0.05) is 18.2 Å². The highest BCUT2D eigenvalue weighted by atomic mass is 32.2. The van der Waals surface area contributed by atoms with E-state index in [1.807, 2.05) is 0 Å². The number of nitrogens with zero attached hydrogens (tertiary/aromatic N) is 3. The maximum absolute atomic E-state index is 13.3. The summed E-state index contributed by atoms with van der Waals surface area (Å²) in [6, 6.07) is 10.2. The standard InChI is InChI=1S/C24H26N4O8S/c1-15-12-26(14-35-24(30)18-8-6-17(7-9-18)16(2)36-28(31)32)23(29)20-4-3-5-21(22(15)20)37(33,34)27-11-10-19(25)13-27/h3-9,12,16,19H,10-11,13-14,25H2,1-2H3/t16?,19-/m0/s1. The van der Waals surface area contributed by atoms with Crippen LogP contribution in [-0.2, 0) is 26.3 Å². The minimum Gasteiger partial charge on any atom is -0.440 e. The highest BCUT2D eigenvalue weighted by Crippen LogP contribution is 2.28. The Hall–Kier alpha value is -3.81.